The Labute approximate surface area is 83.3 Å². The predicted molar refractivity (Wildman–Crippen MR) is 60.1 cm³/mol. The van der Waals surface area contributed by atoms with E-state index in [-0.39, 0.29) is 5.41 Å². The molecule has 13 heavy (non-hydrogen) atoms. The van der Waals surface area contributed by atoms with Gasteiger partial charge in [-0.25, -0.2) is 4.99 Å². The van der Waals surface area contributed by atoms with E-state index in [1.165, 1.54) is 10.6 Å². The molecule has 0 bridgehead atoms. The molecule has 0 aliphatic carbocycles. The number of hydrogen-bond donors (Lipinski definition) is 0. The van der Waals surface area contributed by atoms with Gasteiger partial charge in [0.05, 0.1) is 10.7 Å². The molecule has 1 aromatic rings. The van der Waals surface area contributed by atoms with Gasteiger partial charge in [-0.1, -0.05) is 18.2 Å². The number of para-hydroxylation sites is 1. The Bertz CT molecular complexity index is 366. The van der Waals surface area contributed by atoms with Crippen molar-refractivity contribution in [3.63, 3.8) is 0 Å². The average molecular weight is 191 g/mol. The number of nitrogens with zero attached hydrogens (tertiary/aromatic N) is 1. The fourth-order valence-corrected chi connectivity index (χ4v) is 2.57. The minimum absolute atomic E-state index is 0.107. The Morgan fingerprint density at radius 3 is 2.54 bits per heavy atom. The molecule has 1 aliphatic heterocycles. The maximum Gasteiger partial charge on any atom is 0.0837 e. The van der Waals surface area contributed by atoms with Gasteiger partial charge < -0.3 is 0 Å². The van der Waals surface area contributed by atoms with Crippen molar-refractivity contribution in [2.75, 3.05) is 6.26 Å². The van der Waals surface area contributed by atoms with Gasteiger partial charge in [0.25, 0.3) is 0 Å². The van der Waals surface area contributed by atoms with Gasteiger partial charge in [0.2, 0.25) is 0 Å². The summed E-state index contributed by atoms with van der Waals surface area (Å²) in [6.07, 6.45) is 2.09. The van der Waals surface area contributed by atoms with E-state index in [1.54, 1.807) is 11.8 Å². The molecule has 68 valence electrons. The second-order valence-corrected chi connectivity index (χ2v) is 4.56. The van der Waals surface area contributed by atoms with E-state index in [4.69, 9.17) is 0 Å². The van der Waals surface area contributed by atoms with Crippen LogP contribution in [0.15, 0.2) is 29.3 Å². The number of benzene rings is 1. The zero-order valence-electron chi connectivity index (χ0n) is 8.16. The van der Waals surface area contributed by atoms with Gasteiger partial charge in [-0.05, 0) is 31.7 Å². The molecule has 0 atom stereocenters. The molecule has 0 radical (unpaired) electrons. The Hall–Kier alpha value is -0.760. The lowest BCUT2D eigenvalue weighted by Crippen LogP contribution is -2.22. The van der Waals surface area contributed by atoms with Crippen LogP contribution in [0, 0.1) is 0 Å². The summed E-state index contributed by atoms with van der Waals surface area (Å²) < 4.78 is 0. The SMILES string of the molecule is CSC1=Nc2ccccc2C1(C)C. The molecule has 0 saturated heterocycles. The second kappa shape index (κ2) is 2.88. The molecule has 0 saturated carbocycles. The number of fused-ring (bicyclic) bond motifs is 1. The predicted octanol–water partition coefficient (Wildman–Crippen LogP) is 3.37. The Kier molecular flexibility index (Phi) is 1.95. The lowest BCUT2D eigenvalue weighted by Gasteiger charge is -2.20. The van der Waals surface area contributed by atoms with Crippen molar-refractivity contribution >= 4 is 22.5 Å². The van der Waals surface area contributed by atoms with Crippen LogP contribution >= 0.6 is 11.8 Å². The summed E-state index contributed by atoms with van der Waals surface area (Å²) >= 11 is 1.75. The highest BCUT2D eigenvalue weighted by molar-refractivity contribution is 8.13. The monoisotopic (exact) mass is 191 g/mol. The summed E-state index contributed by atoms with van der Waals surface area (Å²) in [5.41, 5.74) is 2.59. The minimum atomic E-state index is 0.107. The highest BCUT2D eigenvalue weighted by Gasteiger charge is 2.33. The average Bonchev–Trinajstić information content (AvgIpc) is 2.39. The molecule has 0 spiro atoms. The topological polar surface area (TPSA) is 12.4 Å². The van der Waals surface area contributed by atoms with Crippen LogP contribution in [0.1, 0.15) is 19.4 Å². The molecule has 1 aliphatic rings. The summed E-state index contributed by atoms with van der Waals surface area (Å²) in [5.74, 6) is 0. The summed E-state index contributed by atoms with van der Waals surface area (Å²) in [4.78, 5) is 4.60. The molecule has 1 nitrogen and oxygen atoms in total. The maximum atomic E-state index is 4.60. The Balaban J connectivity index is 2.58. The van der Waals surface area contributed by atoms with Gasteiger partial charge in [-0.15, -0.1) is 11.8 Å². The largest absolute Gasteiger partial charge is 0.245 e. The molecule has 0 aromatic heterocycles. The third-order valence-corrected chi connectivity index (χ3v) is 3.52. The van der Waals surface area contributed by atoms with Gasteiger partial charge >= 0.3 is 0 Å². The Morgan fingerprint density at radius 1 is 1.23 bits per heavy atom. The molecular formula is C11H13NS. The zero-order chi connectivity index (χ0) is 9.47. The standard InChI is InChI=1S/C11H13NS/c1-11(2)8-6-4-5-7-9(8)12-10(11)13-3/h4-7H,1-3H3. The normalized spacial score (nSPS) is 18.2. The van der Waals surface area contributed by atoms with Crippen LogP contribution in [-0.2, 0) is 5.41 Å². The van der Waals surface area contributed by atoms with Crippen molar-refractivity contribution in [3.8, 4) is 0 Å². The fourth-order valence-electron chi connectivity index (χ4n) is 1.76. The van der Waals surface area contributed by atoms with Gasteiger partial charge in [-0.2, -0.15) is 0 Å². The van der Waals surface area contributed by atoms with Crippen LogP contribution < -0.4 is 0 Å². The zero-order valence-corrected chi connectivity index (χ0v) is 8.98. The summed E-state index contributed by atoms with van der Waals surface area (Å²) in [6, 6.07) is 8.38. The molecule has 0 unspecified atom stereocenters. The first-order valence-electron chi connectivity index (χ1n) is 4.39. The number of hydrogen-bond acceptors (Lipinski definition) is 2. The first-order valence-corrected chi connectivity index (χ1v) is 5.61. The van der Waals surface area contributed by atoms with E-state index in [9.17, 15) is 0 Å². The van der Waals surface area contributed by atoms with Crippen molar-refractivity contribution in [2.45, 2.75) is 19.3 Å². The number of aliphatic imine (C=N–C) groups is 1. The van der Waals surface area contributed by atoms with E-state index in [0.29, 0.717) is 0 Å². The summed E-state index contributed by atoms with van der Waals surface area (Å²) in [7, 11) is 0. The molecule has 1 aromatic carbocycles. The smallest absolute Gasteiger partial charge is 0.0837 e. The summed E-state index contributed by atoms with van der Waals surface area (Å²) in [6.45, 7) is 4.46. The van der Waals surface area contributed by atoms with E-state index in [0.717, 1.165) is 5.69 Å². The first-order chi connectivity index (χ1) is 6.16. The lowest BCUT2D eigenvalue weighted by molar-refractivity contribution is 0.748. The highest BCUT2D eigenvalue weighted by Crippen LogP contribution is 2.42. The first kappa shape index (κ1) is 8.82. The molecule has 0 fully saturated rings. The second-order valence-electron chi connectivity index (χ2n) is 3.76. The van der Waals surface area contributed by atoms with Crippen LogP contribution in [0.2, 0.25) is 0 Å². The molecule has 2 rings (SSSR count). The van der Waals surface area contributed by atoms with Crippen LogP contribution in [-0.4, -0.2) is 11.3 Å². The van der Waals surface area contributed by atoms with Crippen molar-refractivity contribution in [1.29, 1.82) is 0 Å². The van der Waals surface area contributed by atoms with Gasteiger partial charge in [0.1, 0.15) is 0 Å². The molecule has 1 heterocycles. The van der Waals surface area contributed by atoms with E-state index in [2.05, 4.69) is 43.3 Å². The van der Waals surface area contributed by atoms with Crippen molar-refractivity contribution in [1.82, 2.24) is 0 Å². The minimum Gasteiger partial charge on any atom is -0.245 e. The van der Waals surface area contributed by atoms with Crippen LogP contribution in [0.25, 0.3) is 0 Å². The molecule has 0 amide bonds. The van der Waals surface area contributed by atoms with Crippen LogP contribution in [0.5, 0.6) is 0 Å². The Morgan fingerprint density at radius 2 is 1.92 bits per heavy atom. The van der Waals surface area contributed by atoms with Gasteiger partial charge in [0.15, 0.2) is 0 Å². The fraction of sp³-hybridized carbons (Fsp3) is 0.364. The third-order valence-electron chi connectivity index (χ3n) is 2.53. The van der Waals surface area contributed by atoms with Crippen molar-refractivity contribution in [2.24, 2.45) is 4.99 Å². The molecule has 0 N–H and O–H groups in total. The van der Waals surface area contributed by atoms with E-state index in [1.807, 2.05) is 6.07 Å². The summed E-state index contributed by atoms with van der Waals surface area (Å²) in [5, 5.41) is 1.22. The van der Waals surface area contributed by atoms with E-state index >= 15 is 0 Å². The van der Waals surface area contributed by atoms with Gasteiger partial charge in [0, 0.05) is 5.41 Å². The highest BCUT2D eigenvalue weighted by atomic mass is 32.2. The number of rotatable bonds is 0. The number of thioether (sulfide) groups is 1. The third kappa shape index (κ3) is 1.20. The molecule has 2 heteroatoms. The van der Waals surface area contributed by atoms with Crippen LogP contribution in [0.4, 0.5) is 5.69 Å². The van der Waals surface area contributed by atoms with Crippen molar-refractivity contribution < 1.29 is 0 Å². The maximum absolute atomic E-state index is 4.60. The van der Waals surface area contributed by atoms with Crippen LogP contribution in [0.3, 0.4) is 0 Å². The van der Waals surface area contributed by atoms with Crippen molar-refractivity contribution in [3.05, 3.63) is 29.8 Å². The van der Waals surface area contributed by atoms with Gasteiger partial charge in [-0.3, -0.25) is 0 Å². The molecular weight excluding hydrogens is 178 g/mol. The van der Waals surface area contributed by atoms with E-state index < -0.39 is 0 Å². The lowest BCUT2D eigenvalue weighted by atomic mass is 9.87. The quantitative estimate of drug-likeness (QED) is 0.612.